The first-order valence-electron chi connectivity index (χ1n) is 12.5. The first kappa shape index (κ1) is 25.4. The van der Waals surface area contributed by atoms with Crippen LogP contribution in [0.5, 0.6) is 0 Å². The summed E-state index contributed by atoms with van der Waals surface area (Å²) in [6.45, 7) is 1.90. The third-order valence-corrected chi connectivity index (χ3v) is 6.05. The topological polar surface area (TPSA) is 96.0 Å². The van der Waals surface area contributed by atoms with Gasteiger partial charge in [-0.05, 0) is 53.1 Å². The largest absolute Gasteiger partial charge is 0.348 e. The first-order chi connectivity index (χ1) is 19.0. The summed E-state index contributed by atoms with van der Waals surface area (Å²) in [6, 6.07) is 34.8. The molecule has 0 radical (unpaired) electrons. The van der Waals surface area contributed by atoms with Crippen molar-refractivity contribution in [3.8, 4) is 22.4 Å². The van der Waals surface area contributed by atoms with Crippen molar-refractivity contribution in [2.24, 2.45) is 0 Å². The second kappa shape index (κ2) is 11.8. The summed E-state index contributed by atoms with van der Waals surface area (Å²) in [5.41, 5.74) is 6.89. The van der Waals surface area contributed by atoms with Crippen molar-refractivity contribution >= 4 is 29.1 Å². The smallest absolute Gasteiger partial charge is 0.251 e. The fourth-order valence-corrected chi connectivity index (χ4v) is 4.10. The van der Waals surface area contributed by atoms with E-state index in [2.05, 4.69) is 50.2 Å². The highest BCUT2D eigenvalue weighted by Crippen LogP contribution is 2.22. The molecule has 0 aliphatic carbocycles. The maximum atomic E-state index is 12.8. The summed E-state index contributed by atoms with van der Waals surface area (Å²) in [6.07, 6.45) is 1.67. The Bertz CT molecular complexity index is 1580. The molecule has 2 amide bonds. The van der Waals surface area contributed by atoms with Gasteiger partial charge in [-0.2, -0.15) is 0 Å². The van der Waals surface area contributed by atoms with Crippen LogP contribution in [0.1, 0.15) is 22.8 Å². The van der Waals surface area contributed by atoms with Crippen molar-refractivity contribution in [3.63, 3.8) is 0 Å². The van der Waals surface area contributed by atoms with E-state index < -0.39 is 0 Å². The standard InChI is InChI=1S/C32H27N5O2/c1-22(38)35-28-16-14-26(15-17-28)30-18-19-33-32(37-30)36-29-9-5-8-27(20-29)31(39)34-21-23-10-12-25(13-11-23)24-6-3-2-4-7-24/h2-20H,21H2,1H3,(H,34,39)(H,35,38)(H,33,36,37). The van der Waals surface area contributed by atoms with Crippen LogP contribution in [0.15, 0.2) is 115 Å². The second-order valence-electron chi connectivity index (χ2n) is 8.98. The van der Waals surface area contributed by atoms with E-state index >= 15 is 0 Å². The number of hydrogen-bond donors (Lipinski definition) is 3. The molecule has 0 bridgehead atoms. The van der Waals surface area contributed by atoms with Crippen LogP contribution >= 0.6 is 0 Å². The summed E-state index contributed by atoms with van der Waals surface area (Å²) in [5, 5.41) is 8.92. The van der Waals surface area contributed by atoms with E-state index in [9.17, 15) is 9.59 Å². The fourth-order valence-electron chi connectivity index (χ4n) is 4.10. The van der Waals surface area contributed by atoms with Gasteiger partial charge >= 0.3 is 0 Å². The van der Waals surface area contributed by atoms with Crippen LogP contribution in [-0.2, 0) is 11.3 Å². The highest BCUT2D eigenvalue weighted by atomic mass is 16.2. The molecule has 192 valence electrons. The number of anilines is 3. The van der Waals surface area contributed by atoms with Gasteiger partial charge in [0.2, 0.25) is 11.9 Å². The lowest BCUT2D eigenvalue weighted by atomic mass is 10.0. The normalized spacial score (nSPS) is 10.5. The van der Waals surface area contributed by atoms with Crippen LogP contribution in [0.4, 0.5) is 17.3 Å². The van der Waals surface area contributed by atoms with Gasteiger partial charge in [-0.15, -0.1) is 0 Å². The Labute approximate surface area is 227 Å². The minimum Gasteiger partial charge on any atom is -0.348 e. The Kier molecular flexibility index (Phi) is 7.69. The molecule has 0 fully saturated rings. The molecule has 3 N–H and O–H groups in total. The molecule has 0 saturated heterocycles. The molecular weight excluding hydrogens is 486 g/mol. The third kappa shape index (κ3) is 6.72. The van der Waals surface area contributed by atoms with Gasteiger partial charge in [0.1, 0.15) is 0 Å². The molecule has 0 atom stereocenters. The van der Waals surface area contributed by atoms with E-state index in [-0.39, 0.29) is 11.8 Å². The lowest BCUT2D eigenvalue weighted by molar-refractivity contribution is -0.114. The summed E-state index contributed by atoms with van der Waals surface area (Å²) in [4.78, 5) is 33.0. The predicted molar refractivity (Wildman–Crippen MR) is 155 cm³/mol. The third-order valence-electron chi connectivity index (χ3n) is 6.05. The van der Waals surface area contributed by atoms with E-state index in [4.69, 9.17) is 0 Å². The lowest BCUT2D eigenvalue weighted by Crippen LogP contribution is -2.22. The molecule has 7 nitrogen and oxygen atoms in total. The summed E-state index contributed by atoms with van der Waals surface area (Å²) >= 11 is 0. The molecule has 1 heterocycles. The number of hydrogen-bond acceptors (Lipinski definition) is 5. The summed E-state index contributed by atoms with van der Waals surface area (Å²) < 4.78 is 0. The zero-order chi connectivity index (χ0) is 27.0. The molecule has 0 saturated carbocycles. The average molecular weight is 514 g/mol. The molecule has 5 aromatic rings. The van der Waals surface area contributed by atoms with Gasteiger partial charge < -0.3 is 16.0 Å². The number of benzene rings is 4. The highest BCUT2D eigenvalue weighted by molar-refractivity contribution is 5.95. The van der Waals surface area contributed by atoms with E-state index in [0.29, 0.717) is 23.7 Å². The van der Waals surface area contributed by atoms with Gasteiger partial charge in [0.15, 0.2) is 0 Å². The quantitative estimate of drug-likeness (QED) is 0.222. The zero-order valence-electron chi connectivity index (χ0n) is 21.4. The molecule has 0 aliphatic heterocycles. The molecule has 7 heteroatoms. The molecule has 39 heavy (non-hydrogen) atoms. The molecule has 1 aromatic heterocycles. The molecule has 5 rings (SSSR count). The number of rotatable bonds is 8. The minimum absolute atomic E-state index is 0.121. The van der Waals surface area contributed by atoms with Crippen LogP contribution in [0.3, 0.4) is 0 Å². The number of amides is 2. The van der Waals surface area contributed by atoms with E-state index in [1.165, 1.54) is 6.92 Å². The van der Waals surface area contributed by atoms with Gasteiger partial charge in [0.05, 0.1) is 5.69 Å². The van der Waals surface area contributed by atoms with Gasteiger partial charge in [0.25, 0.3) is 5.91 Å². The molecule has 4 aromatic carbocycles. The Balaban J connectivity index is 1.21. The Morgan fingerprint density at radius 3 is 2.18 bits per heavy atom. The number of nitrogens with one attached hydrogen (secondary N) is 3. The van der Waals surface area contributed by atoms with Gasteiger partial charge in [-0.1, -0.05) is 72.8 Å². The van der Waals surface area contributed by atoms with Crippen LogP contribution in [0, 0.1) is 0 Å². The van der Waals surface area contributed by atoms with Crippen LogP contribution < -0.4 is 16.0 Å². The van der Waals surface area contributed by atoms with E-state index in [1.54, 1.807) is 18.3 Å². The van der Waals surface area contributed by atoms with Crippen molar-refractivity contribution in [2.75, 3.05) is 10.6 Å². The van der Waals surface area contributed by atoms with Crippen molar-refractivity contribution in [1.29, 1.82) is 0 Å². The average Bonchev–Trinajstić information content (AvgIpc) is 2.97. The monoisotopic (exact) mass is 513 g/mol. The van der Waals surface area contributed by atoms with Crippen molar-refractivity contribution in [2.45, 2.75) is 13.5 Å². The highest BCUT2D eigenvalue weighted by Gasteiger charge is 2.09. The second-order valence-corrected chi connectivity index (χ2v) is 8.98. The number of carbonyl (C=O) groups is 2. The maximum Gasteiger partial charge on any atom is 0.251 e. The number of carbonyl (C=O) groups excluding carboxylic acids is 2. The molecule has 0 unspecified atom stereocenters. The predicted octanol–water partition coefficient (Wildman–Crippen LogP) is 6.44. The Morgan fingerprint density at radius 1 is 0.718 bits per heavy atom. The van der Waals surface area contributed by atoms with Crippen LogP contribution in [0.25, 0.3) is 22.4 Å². The SMILES string of the molecule is CC(=O)Nc1ccc(-c2ccnc(Nc3cccc(C(=O)NCc4ccc(-c5ccccc5)cc4)c3)n2)cc1. The number of aromatic nitrogens is 2. The number of nitrogens with zero attached hydrogens (tertiary/aromatic N) is 2. The lowest BCUT2D eigenvalue weighted by Gasteiger charge is -2.10. The van der Waals surface area contributed by atoms with Crippen molar-refractivity contribution in [3.05, 3.63) is 127 Å². The zero-order valence-corrected chi connectivity index (χ0v) is 21.4. The minimum atomic E-state index is -0.167. The van der Waals surface area contributed by atoms with E-state index in [0.717, 1.165) is 33.6 Å². The van der Waals surface area contributed by atoms with Gasteiger partial charge in [0, 0.05) is 42.2 Å². The van der Waals surface area contributed by atoms with Crippen molar-refractivity contribution in [1.82, 2.24) is 15.3 Å². The van der Waals surface area contributed by atoms with Gasteiger partial charge in [-0.25, -0.2) is 9.97 Å². The van der Waals surface area contributed by atoms with Crippen molar-refractivity contribution < 1.29 is 9.59 Å². The van der Waals surface area contributed by atoms with E-state index in [1.807, 2.05) is 72.8 Å². The van der Waals surface area contributed by atoms with Crippen LogP contribution in [-0.4, -0.2) is 21.8 Å². The Hall–Kier alpha value is -5.30. The fraction of sp³-hybridized carbons (Fsp3) is 0.0625. The first-order valence-corrected chi connectivity index (χ1v) is 12.5. The Morgan fingerprint density at radius 2 is 1.44 bits per heavy atom. The molecule has 0 spiro atoms. The summed E-state index contributed by atoms with van der Waals surface area (Å²) in [7, 11) is 0. The molecular formula is C32H27N5O2. The van der Waals surface area contributed by atoms with Gasteiger partial charge in [-0.3, -0.25) is 9.59 Å². The molecule has 0 aliphatic rings. The maximum absolute atomic E-state index is 12.8. The summed E-state index contributed by atoms with van der Waals surface area (Å²) in [5.74, 6) is 0.124. The van der Waals surface area contributed by atoms with Crippen LogP contribution in [0.2, 0.25) is 0 Å².